The molecule has 1 nitrogen and oxygen atoms in total. The van der Waals surface area contributed by atoms with Crippen molar-refractivity contribution in [1.29, 1.82) is 0 Å². The van der Waals surface area contributed by atoms with Gasteiger partial charge < -0.3 is 0 Å². The van der Waals surface area contributed by atoms with E-state index in [1.165, 1.54) is 16.7 Å². The van der Waals surface area contributed by atoms with Gasteiger partial charge in [-0.1, -0.05) is 60.7 Å². The lowest BCUT2D eigenvalue weighted by molar-refractivity contribution is 1.42. The molecule has 1 aliphatic rings. The Labute approximate surface area is 113 Å². The Morgan fingerprint density at radius 2 is 1.68 bits per heavy atom. The van der Waals surface area contributed by atoms with E-state index < -0.39 is 0 Å². The summed E-state index contributed by atoms with van der Waals surface area (Å²) in [4.78, 5) is 4.54. The summed E-state index contributed by atoms with van der Waals surface area (Å²) in [6.45, 7) is 0. The van der Waals surface area contributed by atoms with Crippen molar-refractivity contribution in [3.63, 3.8) is 0 Å². The van der Waals surface area contributed by atoms with Crippen molar-refractivity contribution in [2.75, 3.05) is 0 Å². The molecule has 0 fully saturated rings. The highest BCUT2D eigenvalue weighted by atomic mass is 14.7. The first-order valence-corrected chi connectivity index (χ1v) is 6.48. The molecule has 0 radical (unpaired) electrons. The fourth-order valence-corrected chi connectivity index (χ4v) is 2.21. The summed E-state index contributed by atoms with van der Waals surface area (Å²) in [5, 5.41) is 0. The van der Waals surface area contributed by atoms with Crippen LogP contribution in [0.2, 0.25) is 0 Å². The highest BCUT2D eigenvalue weighted by molar-refractivity contribution is 5.90. The van der Waals surface area contributed by atoms with E-state index in [-0.39, 0.29) is 0 Å². The van der Waals surface area contributed by atoms with Crippen LogP contribution in [0.5, 0.6) is 0 Å². The lowest BCUT2D eigenvalue weighted by Gasteiger charge is -2.06. The van der Waals surface area contributed by atoms with Crippen molar-refractivity contribution >= 4 is 17.5 Å². The predicted molar refractivity (Wildman–Crippen MR) is 81.9 cm³/mol. The number of nitrogens with zero attached hydrogens (tertiary/aromatic N) is 1. The van der Waals surface area contributed by atoms with Gasteiger partial charge in [0.1, 0.15) is 0 Å². The molecule has 3 rings (SSSR count). The maximum Gasteiger partial charge on any atom is 0.0629 e. The van der Waals surface area contributed by atoms with E-state index in [2.05, 4.69) is 47.5 Å². The number of aliphatic imine (C=N–C) groups is 1. The number of allylic oxidation sites excluding steroid dienone is 4. The number of para-hydroxylation sites is 1. The van der Waals surface area contributed by atoms with Crippen molar-refractivity contribution in [3.05, 3.63) is 84.0 Å². The minimum absolute atomic E-state index is 0.982. The Morgan fingerprint density at radius 1 is 0.895 bits per heavy atom. The summed E-state index contributed by atoms with van der Waals surface area (Å²) < 4.78 is 0. The highest BCUT2D eigenvalue weighted by Gasteiger charge is 2.06. The zero-order valence-corrected chi connectivity index (χ0v) is 10.7. The van der Waals surface area contributed by atoms with E-state index in [0.29, 0.717) is 0 Å². The van der Waals surface area contributed by atoms with Crippen molar-refractivity contribution < 1.29 is 0 Å². The van der Waals surface area contributed by atoms with Crippen LogP contribution < -0.4 is 0 Å². The summed E-state index contributed by atoms with van der Waals surface area (Å²) in [6, 6.07) is 18.4. The summed E-state index contributed by atoms with van der Waals surface area (Å²) in [7, 11) is 0. The molecule has 0 N–H and O–H groups in total. The van der Waals surface area contributed by atoms with Gasteiger partial charge in [-0.2, -0.15) is 0 Å². The molecule has 0 heterocycles. The smallest absolute Gasteiger partial charge is 0.0629 e. The van der Waals surface area contributed by atoms with Gasteiger partial charge in [-0.05, 0) is 29.7 Å². The number of rotatable bonds is 3. The molecule has 0 unspecified atom stereocenters. The van der Waals surface area contributed by atoms with Gasteiger partial charge in [0.2, 0.25) is 0 Å². The Bertz CT molecular complexity index is 648. The zero-order chi connectivity index (χ0) is 12.9. The van der Waals surface area contributed by atoms with E-state index in [0.717, 1.165) is 12.1 Å². The lowest BCUT2D eigenvalue weighted by Crippen LogP contribution is -1.90. The summed E-state index contributed by atoms with van der Waals surface area (Å²) in [5.74, 6) is 0. The minimum Gasteiger partial charge on any atom is -0.256 e. The molecule has 0 aromatic heterocycles. The third kappa shape index (κ3) is 2.71. The third-order valence-electron chi connectivity index (χ3n) is 3.19. The number of hydrogen-bond acceptors (Lipinski definition) is 1. The summed E-state index contributed by atoms with van der Waals surface area (Å²) in [6.07, 6.45) is 9.43. The molecule has 0 spiro atoms. The van der Waals surface area contributed by atoms with E-state index in [1.807, 2.05) is 36.5 Å². The molecule has 0 aliphatic heterocycles. The molecule has 2 aromatic carbocycles. The Balaban J connectivity index is 1.91. The average molecular weight is 245 g/mol. The van der Waals surface area contributed by atoms with Crippen molar-refractivity contribution in [3.8, 4) is 0 Å². The molecule has 0 bridgehead atoms. The first-order chi connectivity index (χ1) is 9.43. The molecule has 19 heavy (non-hydrogen) atoms. The Kier molecular flexibility index (Phi) is 3.37. The highest BCUT2D eigenvalue weighted by Crippen LogP contribution is 2.25. The molecule has 92 valence electrons. The average Bonchev–Trinajstić information content (AvgIpc) is 3.01. The van der Waals surface area contributed by atoms with Gasteiger partial charge in [0.05, 0.1) is 5.69 Å². The van der Waals surface area contributed by atoms with E-state index in [4.69, 9.17) is 0 Å². The topological polar surface area (TPSA) is 12.4 Å². The van der Waals surface area contributed by atoms with Crippen molar-refractivity contribution in [1.82, 2.24) is 0 Å². The van der Waals surface area contributed by atoms with Crippen LogP contribution in [0.25, 0.3) is 5.57 Å². The van der Waals surface area contributed by atoms with Gasteiger partial charge in [-0.3, -0.25) is 4.99 Å². The van der Waals surface area contributed by atoms with Crippen LogP contribution in [0.1, 0.15) is 17.5 Å². The van der Waals surface area contributed by atoms with Crippen LogP contribution in [0.3, 0.4) is 0 Å². The molecule has 0 saturated carbocycles. The SMILES string of the molecule is C1=CCC(c2ccccc2/C=N/c2ccccc2)=C1. The largest absolute Gasteiger partial charge is 0.256 e. The van der Waals surface area contributed by atoms with Gasteiger partial charge in [0, 0.05) is 11.8 Å². The zero-order valence-electron chi connectivity index (χ0n) is 10.7. The molecular weight excluding hydrogens is 230 g/mol. The minimum atomic E-state index is 0.982. The predicted octanol–water partition coefficient (Wildman–Crippen LogP) is 4.78. The number of benzene rings is 2. The maximum absolute atomic E-state index is 4.54. The van der Waals surface area contributed by atoms with Gasteiger partial charge in [-0.15, -0.1) is 0 Å². The van der Waals surface area contributed by atoms with Gasteiger partial charge >= 0.3 is 0 Å². The second-order valence-corrected chi connectivity index (χ2v) is 4.51. The van der Waals surface area contributed by atoms with Gasteiger partial charge in [0.15, 0.2) is 0 Å². The quantitative estimate of drug-likeness (QED) is 0.690. The van der Waals surface area contributed by atoms with Gasteiger partial charge in [-0.25, -0.2) is 0 Å². The van der Waals surface area contributed by atoms with Crippen LogP contribution in [0.4, 0.5) is 5.69 Å². The summed E-state index contributed by atoms with van der Waals surface area (Å²) in [5.41, 5.74) is 4.78. The Morgan fingerprint density at radius 3 is 2.47 bits per heavy atom. The first-order valence-electron chi connectivity index (χ1n) is 6.48. The molecule has 1 aliphatic carbocycles. The molecule has 1 heteroatoms. The molecule has 0 amide bonds. The molecule has 0 atom stereocenters. The van der Waals surface area contributed by atoms with Crippen molar-refractivity contribution in [2.24, 2.45) is 4.99 Å². The van der Waals surface area contributed by atoms with Crippen LogP contribution in [0, 0.1) is 0 Å². The molecular formula is C18H15N. The van der Waals surface area contributed by atoms with E-state index in [1.54, 1.807) is 0 Å². The maximum atomic E-state index is 4.54. The normalized spacial score (nSPS) is 14.0. The van der Waals surface area contributed by atoms with E-state index >= 15 is 0 Å². The van der Waals surface area contributed by atoms with Crippen molar-refractivity contribution in [2.45, 2.75) is 6.42 Å². The monoisotopic (exact) mass is 245 g/mol. The fourth-order valence-electron chi connectivity index (χ4n) is 2.21. The lowest BCUT2D eigenvalue weighted by atomic mass is 10.00. The summed E-state index contributed by atoms with van der Waals surface area (Å²) >= 11 is 0. The van der Waals surface area contributed by atoms with Crippen LogP contribution in [-0.4, -0.2) is 6.21 Å². The third-order valence-corrected chi connectivity index (χ3v) is 3.19. The fraction of sp³-hybridized carbons (Fsp3) is 0.0556. The Hall–Kier alpha value is -2.41. The number of hydrogen-bond donors (Lipinski definition) is 0. The standard InChI is InChI=1S/C18H15N/c1-2-11-17(12-3-1)19-14-16-10-6-7-13-18(16)15-8-4-5-9-15/h1-8,10-14H,9H2/b19-14+. The first kappa shape index (κ1) is 11.7. The van der Waals surface area contributed by atoms with Crippen LogP contribution >= 0.6 is 0 Å². The molecule has 2 aromatic rings. The second kappa shape index (κ2) is 5.49. The van der Waals surface area contributed by atoms with Gasteiger partial charge in [0.25, 0.3) is 0 Å². The van der Waals surface area contributed by atoms with Crippen LogP contribution in [-0.2, 0) is 0 Å². The van der Waals surface area contributed by atoms with E-state index in [9.17, 15) is 0 Å². The second-order valence-electron chi connectivity index (χ2n) is 4.51. The van der Waals surface area contributed by atoms with Crippen LogP contribution in [0.15, 0.2) is 77.8 Å². The molecule has 0 saturated heterocycles.